The summed E-state index contributed by atoms with van der Waals surface area (Å²) in [5.74, 6) is 1.04. The van der Waals surface area contributed by atoms with Gasteiger partial charge in [0, 0.05) is 10.9 Å². The first kappa shape index (κ1) is 14.6. The molecule has 1 aromatic rings. The molecule has 1 aromatic carbocycles. The second-order valence-electron chi connectivity index (χ2n) is 4.34. The zero-order chi connectivity index (χ0) is 12.7. The van der Waals surface area contributed by atoms with E-state index < -0.39 is 0 Å². The van der Waals surface area contributed by atoms with Gasteiger partial charge in [-0.25, -0.2) is 0 Å². The molecule has 0 fully saturated rings. The molecule has 2 N–H and O–H groups in total. The molecule has 1 atom stereocenters. The zero-order valence-electron chi connectivity index (χ0n) is 11.0. The van der Waals surface area contributed by atoms with Gasteiger partial charge in [0.1, 0.15) is 0 Å². The van der Waals surface area contributed by atoms with Crippen LogP contribution in [0, 0.1) is 13.8 Å². The number of benzene rings is 1. The zero-order valence-corrected chi connectivity index (χ0v) is 11.8. The van der Waals surface area contributed by atoms with Crippen molar-refractivity contribution in [3.63, 3.8) is 0 Å². The molecule has 0 aliphatic rings. The van der Waals surface area contributed by atoms with Crippen molar-refractivity contribution in [3.05, 3.63) is 29.3 Å². The maximum atomic E-state index is 9.18. The Morgan fingerprint density at radius 1 is 1.35 bits per heavy atom. The van der Waals surface area contributed by atoms with Gasteiger partial charge < -0.3 is 10.4 Å². The maximum Gasteiger partial charge on any atom is 0.0584 e. The fraction of sp³-hybridized carbons (Fsp3) is 0.571. The van der Waals surface area contributed by atoms with E-state index >= 15 is 0 Å². The van der Waals surface area contributed by atoms with Gasteiger partial charge in [-0.3, -0.25) is 0 Å². The predicted molar refractivity (Wildman–Crippen MR) is 75.8 cm³/mol. The van der Waals surface area contributed by atoms with Crippen molar-refractivity contribution in [1.29, 1.82) is 0 Å². The Hall–Kier alpha value is -0.510. The topological polar surface area (TPSA) is 32.3 Å². The van der Waals surface area contributed by atoms with Crippen molar-refractivity contribution in [3.8, 4) is 0 Å². The number of rotatable bonds is 7. The minimum atomic E-state index is 0.223. The van der Waals surface area contributed by atoms with Gasteiger partial charge in [0.25, 0.3) is 0 Å². The summed E-state index contributed by atoms with van der Waals surface area (Å²) in [5, 5.41) is 12.5. The first-order valence-corrected chi connectivity index (χ1v) is 7.20. The number of aliphatic hydroxyl groups excluding tert-OH is 1. The van der Waals surface area contributed by atoms with Gasteiger partial charge in [-0.15, -0.1) is 11.8 Å². The lowest BCUT2D eigenvalue weighted by molar-refractivity contribution is 0.242. The van der Waals surface area contributed by atoms with E-state index in [9.17, 15) is 5.11 Å². The Morgan fingerprint density at radius 2 is 2.12 bits per heavy atom. The maximum absolute atomic E-state index is 9.18. The van der Waals surface area contributed by atoms with Crippen LogP contribution in [0.15, 0.2) is 23.1 Å². The van der Waals surface area contributed by atoms with Crippen LogP contribution in [-0.4, -0.2) is 30.1 Å². The van der Waals surface area contributed by atoms with E-state index in [0.717, 1.165) is 18.7 Å². The fourth-order valence-corrected chi connectivity index (χ4v) is 2.91. The second-order valence-corrected chi connectivity index (χ2v) is 5.48. The van der Waals surface area contributed by atoms with Crippen LogP contribution in [0.2, 0.25) is 0 Å². The summed E-state index contributed by atoms with van der Waals surface area (Å²) in [6, 6.07) is 6.79. The summed E-state index contributed by atoms with van der Waals surface area (Å²) in [6.45, 7) is 7.48. The third-order valence-electron chi connectivity index (χ3n) is 2.78. The highest BCUT2D eigenvalue weighted by Crippen LogP contribution is 2.24. The predicted octanol–water partition coefficient (Wildman–Crippen LogP) is 2.76. The average molecular weight is 253 g/mol. The molecule has 0 heterocycles. The molecule has 17 heavy (non-hydrogen) atoms. The third-order valence-corrected chi connectivity index (χ3v) is 3.97. The highest BCUT2D eigenvalue weighted by atomic mass is 32.2. The summed E-state index contributed by atoms with van der Waals surface area (Å²) in [6.07, 6.45) is 1.00. The molecular weight excluding hydrogens is 230 g/mol. The van der Waals surface area contributed by atoms with E-state index in [1.807, 2.05) is 11.8 Å². The minimum Gasteiger partial charge on any atom is -0.395 e. The van der Waals surface area contributed by atoms with Gasteiger partial charge in [-0.2, -0.15) is 0 Å². The van der Waals surface area contributed by atoms with Gasteiger partial charge in [0.15, 0.2) is 0 Å². The monoisotopic (exact) mass is 253 g/mol. The molecule has 0 aromatic heterocycles. The van der Waals surface area contributed by atoms with Crippen LogP contribution < -0.4 is 5.32 Å². The van der Waals surface area contributed by atoms with Crippen molar-refractivity contribution in [2.75, 3.05) is 18.9 Å². The van der Waals surface area contributed by atoms with E-state index in [0.29, 0.717) is 0 Å². The quantitative estimate of drug-likeness (QED) is 0.733. The molecule has 96 valence electrons. The number of thioether (sulfide) groups is 1. The van der Waals surface area contributed by atoms with Crippen LogP contribution >= 0.6 is 11.8 Å². The highest BCUT2D eigenvalue weighted by Gasteiger charge is 2.06. The standard InChI is InChI=1S/C14H23NOS/c1-4-15-13(10-16)7-8-17-14-9-11(2)5-6-12(14)3/h5-6,9,13,15-16H,4,7-8,10H2,1-3H3. The van der Waals surface area contributed by atoms with Crippen LogP contribution in [0.1, 0.15) is 24.5 Å². The molecule has 1 rings (SSSR count). The van der Waals surface area contributed by atoms with Crippen LogP contribution in [-0.2, 0) is 0 Å². The van der Waals surface area contributed by atoms with Crippen LogP contribution in [0.3, 0.4) is 0 Å². The van der Waals surface area contributed by atoms with Crippen molar-refractivity contribution >= 4 is 11.8 Å². The fourth-order valence-electron chi connectivity index (χ4n) is 1.72. The molecule has 0 aliphatic heterocycles. The van der Waals surface area contributed by atoms with Gasteiger partial charge in [-0.05, 0) is 44.2 Å². The lowest BCUT2D eigenvalue weighted by atomic mass is 10.2. The molecule has 3 heteroatoms. The molecule has 0 aliphatic carbocycles. The molecule has 0 saturated carbocycles. The van der Waals surface area contributed by atoms with E-state index in [1.165, 1.54) is 16.0 Å². The SMILES string of the molecule is CCNC(CO)CCSc1cc(C)ccc1C. The number of hydrogen-bond donors (Lipinski definition) is 2. The van der Waals surface area contributed by atoms with E-state index in [-0.39, 0.29) is 12.6 Å². The lowest BCUT2D eigenvalue weighted by Crippen LogP contribution is -2.32. The average Bonchev–Trinajstić information content (AvgIpc) is 2.32. The van der Waals surface area contributed by atoms with E-state index in [2.05, 4.69) is 44.3 Å². The highest BCUT2D eigenvalue weighted by molar-refractivity contribution is 7.99. The Balaban J connectivity index is 2.42. The minimum absolute atomic E-state index is 0.223. The molecule has 2 nitrogen and oxygen atoms in total. The van der Waals surface area contributed by atoms with Crippen molar-refractivity contribution in [2.45, 2.75) is 38.1 Å². The van der Waals surface area contributed by atoms with Gasteiger partial charge >= 0.3 is 0 Å². The Bertz CT molecular complexity index is 341. The van der Waals surface area contributed by atoms with Crippen LogP contribution in [0.4, 0.5) is 0 Å². The summed E-state index contributed by atoms with van der Waals surface area (Å²) in [4.78, 5) is 1.36. The van der Waals surface area contributed by atoms with Gasteiger partial charge in [0.05, 0.1) is 6.61 Å². The molecule has 0 radical (unpaired) electrons. The van der Waals surface area contributed by atoms with Gasteiger partial charge in [0.2, 0.25) is 0 Å². The normalized spacial score (nSPS) is 12.7. The first-order valence-electron chi connectivity index (χ1n) is 6.21. The summed E-state index contributed by atoms with van der Waals surface area (Å²) < 4.78 is 0. The number of aliphatic hydroxyl groups is 1. The lowest BCUT2D eigenvalue weighted by Gasteiger charge is -2.15. The number of nitrogens with one attached hydrogen (secondary N) is 1. The number of hydrogen-bond acceptors (Lipinski definition) is 3. The second kappa shape index (κ2) is 7.75. The van der Waals surface area contributed by atoms with Crippen molar-refractivity contribution in [1.82, 2.24) is 5.32 Å². The smallest absolute Gasteiger partial charge is 0.0584 e. The Morgan fingerprint density at radius 3 is 2.76 bits per heavy atom. The Labute approximate surface area is 109 Å². The van der Waals surface area contributed by atoms with E-state index in [1.54, 1.807) is 0 Å². The number of aryl methyl sites for hydroxylation is 2. The van der Waals surface area contributed by atoms with E-state index in [4.69, 9.17) is 0 Å². The molecule has 1 unspecified atom stereocenters. The van der Waals surface area contributed by atoms with Gasteiger partial charge in [-0.1, -0.05) is 24.6 Å². The molecule has 0 saturated heterocycles. The largest absolute Gasteiger partial charge is 0.395 e. The summed E-state index contributed by atoms with van der Waals surface area (Å²) in [5.41, 5.74) is 2.65. The summed E-state index contributed by atoms with van der Waals surface area (Å²) >= 11 is 1.88. The van der Waals surface area contributed by atoms with Crippen molar-refractivity contribution < 1.29 is 5.11 Å². The molecule has 0 bridgehead atoms. The number of likely N-dealkylation sites (N-methyl/N-ethyl adjacent to an activating group) is 1. The van der Waals surface area contributed by atoms with Crippen LogP contribution in [0.5, 0.6) is 0 Å². The van der Waals surface area contributed by atoms with Crippen molar-refractivity contribution in [2.24, 2.45) is 0 Å². The molecule has 0 spiro atoms. The summed E-state index contributed by atoms with van der Waals surface area (Å²) in [7, 11) is 0. The third kappa shape index (κ3) is 5.11. The Kier molecular flexibility index (Phi) is 6.63. The molecule has 0 amide bonds. The first-order chi connectivity index (χ1) is 8.17. The van der Waals surface area contributed by atoms with Crippen LogP contribution in [0.25, 0.3) is 0 Å². The molecular formula is C14H23NOS.